The van der Waals surface area contributed by atoms with Gasteiger partial charge in [0.15, 0.2) is 0 Å². The molecular weight excluding hydrogens is 182 g/mol. The van der Waals surface area contributed by atoms with Crippen molar-refractivity contribution in [2.45, 2.75) is 26.2 Å². The quantitative estimate of drug-likeness (QED) is 0.562. The molecule has 0 aromatic carbocycles. The normalized spacial score (nSPS) is 9.92. The molecule has 13 heavy (non-hydrogen) atoms. The lowest BCUT2D eigenvalue weighted by Gasteiger charge is -1.96. The number of anilines is 1. The fourth-order valence-electron chi connectivity index (χ4n) is 0.932. The van der Waals surface area contributed by atoms with E-state index < -0.39 is 0 Å². The highest BCUT2D eigenvalue weighted by Gasteiger charge is 2.00. The maximum atomic E-state index is 4.33. The standard InChI is InChI=1S/C9H15N3S/c1-3-5-7-10-9-11-8(6-4-2)12-13-9/h3H,1,4-7H2,2H3,(H,10,11,12). The Hall–Kier alpha value is -0.900. The summed E-state index contributed by atoms with van der Waals surface area (Å²) in [5.41, 5.74) is 0. The number of nitrogens with zero attached hydrogens (tertiary/aromatic N) is 2. The molecule has 1 aromatic rings. The van der Waals surface area contributed by atoms with Crippen LogP contribution in [0.25, 0.3) is 0 Å². The Morgan fingerprint density at radius 1 is 1.62 bits per heavy atom. The minimum atomic E-state index is 0.893. The second-order valence-electron chi connectivity index (χ2n) is 2.77. The van der Waals surface area contributed by atoms with Crippen molar-refractivity contribution in [1.29, 1.82) is 0 Å². The van der Waals surface area contributed by atoms with E-state index >= 15 is 0 Å². The lowest BCUT2D eigenvalue weighted by Crippen LogP contribution is -1.99. The molecule has 0 aliphatic rings. The molecule has 1 aromatic heterocycles. The van der Waals surface area contributed by atoms with Gasteiger partial charge < -0.3 is 5.32 Å². The first-order chi connectivity index (χ1) is 6.36. The predicted octanol–water partition coefficient (Wildman–Crippen LogP) is 2.48. The predicted molar refractivity (Wildman–Crippen MR) is 57.2 cm³/mol. The van der Waals surface area contributed by atoms with E-state index in [2.05, 4.69) is 28.2 Å². The van der Waals surface area contributed by atoms with Gasteiger partial charge in [0.25, 0.3) is 0 Å². The molecule has 0 atom stereocenters. The molecule has 1 N–H and O–H groups in total. The summed E-state index contributed by atoms with van der Waals surface area (Å²) in [6.45, 7) is 6.68. The van der Waals surface area contributed by atoms with Crippen LogP contribution in [0, 0.1) is 0 Å². The van der Waals surface area contributed by atoms with Crippen LogP contribution in [0.15, 0.2) is 12.7 Å². The molecule has 3 nitrogen and oxygen atoms in total. The Bertz CT molecular complexity index is 257. The summed E-state index contributed by atoms with van der Waals surface area (Å²) in [6.07, 6.45) is 4.92. The number of hydrogen-bond acceptors (Lipinski definition) is 4. The molecule has 0 radical (unpaired) electrons. The molecule has 1 rings (SSSR count). The molecule has 0 aliphatic carbocycles. The monoisotopic (exact) mass is 197 g/mol. The Labute approximate surface area is 83.1 Å². The molecule has 0 unspecified atom stereocenters. The highest BCUT2D eigenvalue weighted by atomic mass is 32.1. The molecule has 4 heteroatoms. The minimum Gasteiger partial charge on any atom is -0.360 e. The van der Waals surface area contributed by atoms with E-state index in [0.29, 0.717) is 0 Å². The lowest BCUT2D eigenvalue weighted by atomic mass is 10.3. The average molecular weight is 197 g/mol. The minimum absolute atomic E-state index is 0.893. The summed E-state index contributed by atoms with van der Waals surface area (Å²) in [6, 6.07) is 0. The molecule has 0 spiro atoms. The molecule has 72 valence electrons. The smallest absolute Gasteiger partial charge is 0.202 e. The Kier molecular flexibility index (Phi) is 4.46. The van der Waals surface area contributed by atoms with Gasteiger partial charge >= 0.3 is 0 Å². The van der Waals surface area contributed by atoms with E-state index in [-0.39, 0.29) is 0 Å². The topological polar surface area (TPSA) is 37.8 Å². The van der Waals surface area contributed by atoms with Crippen LogP contribution in [0.4, 0.5) is 5.13 Å². The maximum absolute atomic E-state index is 4.33. The third-order valence-electron chi connectivity index (χ3n) is 1.57. The van der Waals surface area contributed by atoms with Crippen molar-refractivity contribution < 1.29 is 0 Å². The zero-order valence-electron chi connectivity index (χ0n) is 7.92. The molecule has 0 fully saturated rings. The van der Waals surface area contributed by atoms with Gasteiger partial charge in [0.1, 0.15) is 5.82 Å². The second kappa shape index (κ2) is 5.70. The fraction of sp³-hybridized carbons (Fsp3) is 0.556. The summed E-state index contributed by atoms with van der Waals surface area (Å²) < 4.78 is 4.23. The number of rotatable bonds is 6. The van der Waals surface area contributed by atoms with Gasteiger partial charge in [-0.1, -0.05) is 13.0 Å². The Morgan fingerprint density at radius 2 is 2.46 bits per heavy atom. The van der Waals surface area contributed by atoms with Crippen LogP contribution >= 0.6 is 11.5 Å². The van der Waals surface area contributed by atoms with Crippen LogP contribution in [0.1, 0.15) is 25.6 Å². The van der Waals surface area contributed by atoms with Crippen molar-refractivity contribution in [2.75, 3.05) is 11.9 Å². The van der Waals surface area contributed by atoms with Crippen molar-refractivity contribution in [3.63, 3.8) is 0 Å². The van der Waals surface area contributed by atoms with Crippen LogP contribution in [-0.4, -0.2) is 15.9 Å². The molecule has 0 saturated carbocycles. The molecule has 1 heterocycles. The Morgan fingerprint density at radius 3 is 3.15 bits per heavy atom. The van der Waals surface area contributed by atoms with E-state index in [1.807, 2.05) is 6.08 Å². The lowest BCUT2D eigenvalue weighted by molar-refractivity contribution is 0.861. The largest absolute Gasteiger partial charge is 0.360 e. The summed E-state index contributed by atoms with van der Waals surface area (Å²) in [7, 11) is 0. The number of hydrogen-bond donors (Lipinski definition) is 1. The average Bonchev–Trinajstić information content (AvgIpc) is 2.54. The van der Waals surface area contributed by atoms with Crippen molar-refractivity contribution in [2.24, 2.45) is 0 Å². The maximum Gasteiger partial charge on any atom is 0.202 e. The van der Waals surface area contributed by atoms with Gasteiger partial charge in [-0.05, 0) is 12.8 Å². The number of nitrogens with one attached hydrogen (secondary N) is 1. The van der Waals surface area contributed by atoms with Crippen molar-refractivity contribution >= 4 is 16.7 Å². The van der Waals surface area contributed by atoms with Gasteiger partial charge in [-0.15, -0.1) is 6.58 Å². The van der Waals surface area contributed by atoms with Gasteiger partial charge in [-0.3, -0.25) is 0 Å². The number of aryl methyl sites for hydroxylation is 1. The van der Waals surface area contributed by atoms with Gasteiger partial charge in [-0.25, -0.2) is 4.98 Å². The molecule has 0 bridgehead atoms. The van der Waals surface area contributed by atoms with Gasteiger partial charge in [0.05, 0.1) is 0 Å². The molecule has 0 saturated heterocycles. The van der Waals surface area contributed by atoms with Gasteiger partial charge in [0.2, 0.25) is 5.13 Å². The molecule has 0 aliphatic heterocycles. The van der Waals surface area contributed by atoms with Crippen molar-refractivity contribution in [3.8, 4) is 0 Å². The fourth-order valence-corrected chi connectivity index (χ4v) is 1.57. The third kappa shape index (κ3) is 3.55. The summed E-state index contributed by atoms with van der Waals surface area (Å²) in [5.74, 6) is 0.952. The van der Waals surface area contributed by atoms with Crippen LogP contribution in [-0.2, 0) is 6.42 Å². The third-order valence-corrected chi connectivity index (χ3v) is 2.28. The van der Waals surface area contributed by atoms with Crippen LogP contribution in [0.5, 0.6) is 0 Å². The first kappa shape index (κ1) is 10.2. The van der Waals surface area contributed by atoms with E-state index in [4.69, 9.17) is 0 Å². The molecule has 0 amide bonds. The first-order valence-corrected chi connectivity index (χ1v) is 5.31. The van der Waals surface area contributed by atoms with E-state index in [1.54, 1.807) is 0 Å². The number of aromatic nitrogens is 2. The van der Waals surface area contributed by atoms with E-state index in [0.717, 1.165) is 36.8 Å². The van der Waals surface area contributed by atoms with E-state index in [1.165, 1.54) is 11.5 Å². The highest BCUT2D eigenvalue weighted by Crippen LogP contribution is 2.11. The first-order valence-electron chi connectivity index (χ1n) is 4.54. The van der Waals surface area contributed by atoms with Gasteiger partial charge in [0, 0.05) is 24.5 Å². The van der Waals surface area contributed by atoms with Crippen LogP contribution in [0.3, 0.4) is 0 Å². The van der Waals surface area contributed by atoms with E-state index in [9.17, 15) is 0 Å². The summed E-state index contributed by atoms with van der Waals surface area (Å²) in [5, 5.41) is 4.12. The Balaban J connectivity index is 2.35. The second-order valence-corrected chi connectivity index (χ2v) is 3.52. The van der Waals surface area contributed by atoms with Crippen molar-refractivity contribution in [3.05, 3.63) is 18.5 Å². The van der Waals surface area contributed by atoms with Crippen LogP contribution in [0.2, 0.25) is 0 Å². The highest BCUT2D eigenvalue weighted by molar-refractivity contribution is 7.09. The SMILES string of the molecule is C=CCCNc1nc(CCC)ns1. The van der Waals surface area contributed by atoms with Gasteiger partial charge in [-0.2, -0.15) is 4.37 Å². The summed E-state index contributed by atoms with van der Waals surface area (Å²) in [4.78, 5) is 4.33. The van der Waals surface area contributed by atoms with Crippen LogP contribution < -0.4 is 5.32 Å². The zero-order chi connectivity index (χ0) is 9.52. The zero-order valence-corrected chi connectivity index (χ0v) is 8.73. The van der Waals surface area contributed by atoms with Crippen molar-refractivity contribution in [1.82, 2.24) is 9.36 Å². The summed E-state index contributed by atoms with van der Waals surface area (Å²) >= 11 is 1.43. The molecular formula is C9H15N3S.